The van der Waals surface area contributed by atoms with Gasteiger partial charge in [0.2, 0.25) is 5.89 Å². The molecule has 0 saturated carbocycles. The fraction of sp³-hybridized carbons (Fsp3) is 0.750. The van der Waals surface area contributed by atoms with E-state index in [0.717, 1.165) is 0 Å². The van der Waals surface area contributed by atoms with Crippen molar-refractivity contribution in [1.29, 1.82) is 0 Å². The van der Waals surface area contributed by atoms with Crippen molar-refractivity contribution in [3.05, 3.63) is 11.7 Å². The maximum atomic E-state index is 9.03. The van der Waals surface area contributed by atoms with Crippen LogP contribution in [-0.4, -0.2) is 28.4 Å². The molecule has 0 spiro atoms. The van der Waals surface area contributed by atoms with Crippen molar-refractivity contribution in [2.45, 2.75) is 25.7 Å². The highest BCUT2D eigenvalue weighted by atomic mass is 16.5. The summed E-state index contributed by atoms with van der Waals surface area (Å²) in [5, 5.41) is 12.8. The fourth-order valence-electron chi connectivity index (χ4n) is 0.827. The molecule has 0 aliphatic heterocycles. The van der Waals surface area contributed by atoms with E-state index in [0.29, 0.717) is 24.7 Å². The molecule has 0 unspecified atom stereocenters. The van der Waals surface area contributed by atoms with Crippen molar-refractivity contribution in [3.63, 3.8) is 0 Å². The van der Waals surface area contributed by atoms with E-state index in [4.69, 9.17) is 15.4 Å². The SMILES string of the molecule is CC(C)(CO)c1nc(CCN)no1. The molecule has 0 saturated heterocycles. The maximum absolute atomic E-state index is 9.03. The van der Waals surface area contributed by atoms with E-state index in [1.165, 1.54) is 0 Å². The normalized spacial score (nSPS) is 12.0. The Morgan fingerprint density at radius 2 is 2.23 bits per heavy atom. The second-order valence-electron chi connectivity index (χ2n) is 3.60. The summed E-state index contributed by atoms with van der Waals surface area (Å²) in [5.41, 5.74) is 4.87. The molecule has 0 aliphatic carbocycles. The van der Waals surface area contributed by atoms with Gasteiger partial charge in [-0.05, 0) is 20.4 Å². The van der Waals surface area contributed by atoms with Gasteiger partial charge in [-0.3, -0.25) is 0 Å². The molecule has 5 heteroatoms. The van der Waals surface area contributed by atoms with Crippen molar-refractivity contribution >= 4 is 0 Å². The lowest BCUT2D eigenvalue weighted by atomic mass is 9.95. The lowest BCUT2D eigenvalue weighted by Crippen LogP contribution is -2.22. The Kier molecular flexibility index (Phi) is 3.00. The zero-order valence-electron chi connectivity index (χ0n) is 7.95. The van der Waals surface area contributed by atoms with E-state index in [1.54, 1.807) is 0 Å². The van der Waals surface area contributed by atoms with E-state index in [2.05, 4.69) is 10.1 Å². The Labute approximate surface area is 76.9 Å². The van der Waals surface area contributed by atoms with Gasteiger partial charge >= 0.3 is 0 Å². The number of hydrogen-bond acceptors (Lipinski definition) is 5. The quantitative estimate of drug-likeness (QED) is 0.680. The summed E-state index contributed by atoms with van der Waals surface area (Å²) in [6.07, 6.45) is 0.602. The van der Waals surface area contributed by atoms with Gasteiger partial charge in [0.05, 0.1) is 12.0 Å². The smallest absolute Gasteiger partial charge is 0.234 e. The average molecular weight is 185 g/mol. The maximum Gasteiger partial charge on any atom is 0.234 e. The Balaban J connectivity index is 2.79. The summed E-state index contributed by atoms with van der Waals surface area (Å²) >= 11 is 0. The van der Waals surface area contributed by atoms with Crippen LogP contribution in [0.2, 0.25) is 0 Å². The van der Waals surface area contributed by atoms with Crippen LogP contribution in [0.4, 0.5) is 0 Å². The Hall–Kier alpha value is -0.940. The molecule has 0 fully saturated rings. The van der Waals surface area contributed by atoms with Crippen molar-refractivity contribution in [3.8, 4) is 0 Å². The van der Waals surface area contributed by atoms with Crippen LogP contribution in [0.5, 0.6) is 0 Å². The molecular formula is C8H15N3O2. The highest BCUT2D eigenvalue weighted by Crippen LogP contribution is 2.19. The van der Waals surface area contributed by atoms with Gasteiger partial charge in [0.25, 0.3) is 0 Å². The molecule has 1 rings (SSSR count). The highest BCUT2D eigenvalue weighted by Gasteiger charge is 2.26. The van der Waals surface area contributed by atoms with Crippen LogP contribution in [0, 0.1) is 0 Å². The predicted molar refractivity (Wildman–Crippen MR) is 47.2 cm³/mol. The number of aromatic nitrogens is 2. The summed E-state index contributed by atoms with van der Waals surface area (Å²) in [7, 11) is 0. The van der Waals surface area contributed by atoms with Gasteiger partial charge in [-0.1, -0.05) is 5.16 Å². The van der Waals surface area contributed by atoms with Crippen LogP contribution in [0.25, 0.3) is 0 Å². The first-order valence-corrected chi connectivity index (χ1v) is 4.24. The predicted octanol–water partition coefficient (Wildman–Crippen LogP) is -0.159. The van der Waals surface area contributed by atoms with Gasteiger partial charge < -0.3 is 15.4 Å². The zero-order chi connectivity index (χ0) is 9.90. The number of aliphatic hydroxyl groups excluding tert-OH is 1. The Bertz CT molecular complexity index is 270. The van der Waals surface area contributed by atoms with Gasteiger partial charge in [0.15, 0.2) is 5.82 Å². The molecule has 1 heterocycles. The third-order valence-corrected chi connectivity index (χ3v) is 1.81. The standard InChI is InChI=1S/C8H15N3O2/c1-8(2,5-12)7-10-6(3-4-9)11-13-7/h12H,3-5,9H2,1-2H3. The molecular weight excluding hydrogens is 170 g/mol. The van der Waals surface area contributed by atoms with Crippen molar-refractivity contribution < 1.29 is 9.63 Å². The van der Waals surface area contributed by atoms with Crippen LogP contribution in [0.3, 0.4) is 0 Å². The van der Waals surface area contributed by atoms with Gasteiger partial charge in [-0.2, -0.15) is 4.98 Å². The Morgan fingerprint density at radius 1 is 1.54 bits per heavy atom. The van der Waals surface area contributed by atoms with E-state index >= 15 is 0 Å². The molecule has 13 heavy (non-hydrogen) atoms. The summed E-state index contributed by atoms with van der Waals surface area (Å²) < 4.78 is 5.00. The van der Waals surface area contributed by atoms with Gasteiger partial charge in [-0.15, -0.1) is 0 Å². The van der Waals surface area contributed by atoms with Gasteiger partial charge in [0.1, 0.15) is 0 Å². The molecule has 1 aromatic rings. The van der Waals surface area contributed by atoms with Crippen LogP contribution in [0.15, 0.2) is 4.52 Å². The van der Waals surface area contributed by atoms with Crippen LogP contribution in [0.1, 0.15) is 25.6 Å². The molecule has 0 atom stereocenters. The topological polar surface area (TPSA) is 85.2 Å². The van der Waals surface area contributed by atoms with Crippen LogP contribution < -0.4 is 5.73 Å². The van der Waals surface area contributed by atoms with Crippen LogP contribution in [-0.2, 0) is 11.8 Å². The molecule has 74 valence electrons. The molecule has 0 aromatic carbocycles. The summed E-state index contributed by atoms with van der Waals surface area (Å²) in [6, 6.07) is 0. The molecule has 3 N–H and O–H groups in total. The minimum atomic E-state index is -0.472. The monoisotopic (exact) mass is 185 g/mol. The number of rotatable bonds is 4. The molecule has 5 nitrogen and oxygen atoms in total. The zero-order valence-corrected chi connectivity index (χ0v) is 7.95. The fourth-order valence-corrected chi connectivity index (χ4v) is 0.827. The first kappa shape index (κ1) is 10.1. The van der Waals surface area contributed by atoms with E-state index in [-0.39, 0.29) is 6.61 Å². The van der Waals surface area contributed by atoms with Gasteiger partial charge in [0, 0.05) is 6.42 Å². The third-order valence-electron chi connectivity index (χ3n) is 1.81. The minimum Gasteiger partial charge on any atom is -0.395 e. The highest BCUT2D eigenvalue weighted by molar-refractivity contribution is 5.00. The van der Waals surface area contributed by atoms with Crippen molar-refractivity contribution in [1.82, 2.24) is 10.1 Å². The third kappa shape index (κ3) is 2.26. The molecule has 0 radical (unpaired) electrons. The van der Waals surface area contributed by atoms with E-state index in [1.807, 2.05) is 13.8 Å². The molecule has 0 bridgehead atoms. The Morgan fingerprint density at radius 3 is 2.77 bits per heavy atom. The van der Waals surface area contributed by atoms with Gasteiger partial charge in [-0.25, -0.2) is 0 Å². The first-order valence-electron chi connectivity index (χ1n) is 4.24. The largest absolute Gasteiger partial charge is 0.395 e. The lowest BCUT2D eigenvalue weighted by Gasteiger charge is -2.14. The summed E-state index contributed by atoms with van der Waals surface area (Å²) in [4.78, 5) is 4.12. The number of nitrogens with two attached hydrogens (primary N) is 1. The number of hydrogen-bond donors (Lipinski definition) is 2. The second kappa shape index (κ2) is 3.85. The average Bonchev–Trinajstić information content (AvgIpc) is 2.54. The molecule has 0 amide bonds. The summed E-state index contributed by atoms with van der Waals surface area (Å²) in [6.45, 7) is 4.16. The van der Waals surface area contributed by atoms with E-state index in [9.17, 15) is 0 Å². The van der Waals surface area contributed by atoms with Crippen molar-refractivity contribution in [2.24, 2.45) is 5.73 Å². The molecule has 0 aliphatic rings. The van der Waals surface area contributed by atoms with E-state index < -0.39 is 5.41 Å². The molecule has 1 aromatic heterocycles. The second-order valence-corrected chi connectivity index (χ2v) is 3.60. The first-order chi connectivity index (χ1) is 6.10. The lowest BCUT2D eigenvalue weighted by molar-refractivity contribution is 0.182. The minimum absolute atomic E-state index is 0.0166. The summed E-state index contributed by atoms with van der Waals surface area (Å²) in [5.74, 6) is 1.05. The van der Waals surface area contributed by atoms with Crippen molar-refractivity contribution in [2.75, 3.05) is 13.2 Å². The number of nitrogens with zero attached hydrogens (tertiary/aromatic N) is 2. The number of aliphatic hydroxyl groups is 1. The van der Waals surface area contributed by atoms with Crippen LogP contribution >= 0.6 is 0 Å².